The van der Waals surface area contributed by atoms with E-state index in [9.17, 15) is 4.39 Å². The summed E-state index contributed by atoms with van der Waals surface area (Å²) in [5, 5.41) is 8.77. The Morgan fingerprint density at radius 3 is 2.67 bits per heavy atom. The molecule has 90 valence electrons. The number of hydrogen-bond donors (Lipinski definition) is 0. The Morgan fingerprint density at radius 1 is 1.22 bits per heavy atom. The molecule has 2 rings (SSSR count). The molecule has 0 saturated heterocycles. The lowest BCUT2D eigenvalue weighted by Crippen LogP contribution is -1.91. The van der Waals surface area contributed by atoms with Crippen molar-refractivity contribution in [3.8, 4) is 17.2 Å². The van der Waals surface area contributed by atoms with Gasteiger partial charge in [-0.25, -0.2) is 4.39 Å². The summed E-state index contributed by atoms with van der Waals surface area (Å²) in [4.78, 5) is 0. The van der Waals surface area contributed by atoms with Gasteiger partial charge < -0.3 is 0 Å². The first-order chi connectivity index (χ1) is 8.63. The van der Waals surface area contributed by atoms with Gasteiger partial charge >= 0.3 is 0 Å². The van der Waals surface area contributed by atoms with Crippen molar-refractivity contribution < 1.29 is 4.39 Å². The van der Waals surface area contributed by atoms with E-state index in [-0.39, 0.29) is 5.02 Å². The zero-order chi connectivity index (χ0) is 13.1. The molecule has 3 heteroatoms. The molecular weight excluding hydrogens is 249 g/mol. The van der Waals surface area contributed by atoms with Crippen LogP contribution in [0.2, 0.25) is 5.02 Å². The van der Waals surface area contributed by atoms with E-state index in [2.05, 4.69) is 6.07 Å². The standard InChI is InChI=1S/C15H11ClFN/c1-10-9-11(7-8-18)5-6-12(10)13-3-2-4-14(16)15(13)17/h2-6,9H,7H2,1H3. The lowest BCUT2D eigenvalue weighted by atomic mass is 9.97. The minimum absolute atomic E-state index is 0.119. The molecule has 0 aromatic heterocycles. The van der Waals surface area contributed by atoms with Crippen molar-refractivity contribution in [2.24, 2.45) is 0 Å². The van der Waals surface area contributed by atoms with Gasteiger partial charge in [-0.15, -0.1) is 0 Å². The molecule has 2 aromatic carbocycles. The number of rotatable bonds is 2. The summed E-state index contributed by atoms with van der Waals surface area (Å²) < 4.78 is 13.9. The Kier molecular flexibility index (Phi) is 3.64. The lowest BCUT2D eigenvalue weighted by Gasteiger charge is -2.09. The summed E-state index contributed by atoms with van der Waals surface area (Å²) in [5.74, 6) is -0.407. The highest BCUT2D eigenvalue weighted by atomic mass is 35.5. The van der Waals surface area contributed by atoms with Crippen LogP contribution in [0.5, 0.6) is 0 Å². The van der Waals surface area contributed by atoms with Crippen LogP contribution in [0.3, 0.4) is 0 Å². The zero-order valence-electron chi connectivity index (χ0n) is 9.87. The molecule has 0 bridgehead atoms. The van der Waals surface area contributed by atoms with Crippen molar-refractivity contribution in [1.29, 1.82) is 5.26 Å². The number of halogens is 2. The molecule has 0 aliphatic carbocycles. The minimum atomic E-state index is -0.407. The molecule has 1 nitrogen and oxygen atoms in total. The Labute approximate surface area is 110 Å². The molecule has 2 aromatic rings. The molecule has 0 aliphatic heterocycles. The van der Waals surface area contributed by atoms with Crippen molar-refractivity contribution >= 4 is 11.6 Å². The number of benzene rings is 2. The van der Waals surface area contributed by atoms with Gasteiger partial charge in [-0.05, 0) is 29.7 Å². The summed E-state index contributed by atoms with van der Waals surface area (Å²) in [6, 6.07) is 12.6. The monoisotopic (exact) mass is 259 g/mol. The second kappa shape index (κ2) is 5.20. The van der Waals surface area contributed by atoms with Crippen LogP contribution in [-0.4, -0.2) is 0 Å². The first-order valence-corrected chi connectivity index (χ1v) is 5.92. The summed E-state index contributed by atoms with van der Waals surface area (Å²) in [7, 11) is 0. The molecule has 0 saturated carbocycles. The number of hydrogen-bond acceptors (Lipinski definition) is 1. The smallest absolute Gasteiger partial charge is 0.149 e. The van der Waals surface area contributed by atoms with Gasteiger partial charge in [0.25, 0.3) is 0 Å². The topological polar surface area (TPSA) is 23.8 Å². The predicted octanol–water partition coefficient (Wildman–Crippen LogP) is 4.52. The Bertz CT molecular complexity index is 629. The zero-order valence-corrected chi connectivity index (χ0v) is 10.6. The molecule has 0 spiro atoms. The van der Waals surface area contributed by atoms with Crippen LogP contribution >= 0.6 is 11.6 Å². The van der Waals surface area contributed by atoms with E-state index in [1.807, 2.05) is 25.1 Å². The molecule has 18 heavy (non-hydrogen) atoms. The third-order valence-corrected chi connectivity index (χ3v) is 3.11. The van der Waals surface area contributed by atoms with Gasteiger partial charge in [0, 0.05) is 5.56 Å². The maximum absolute atomic E-state index is 13.9. The van der Waals surface area contributed by atoms with Gasteiger partial charge in [-0.3, -0.25) is 0 Å². The summed E-state index contributed by atoms with van der Waals surface area (Å²) >= 11 is 5.78. The Balaban J connectivity index is 2.52. The van der Waals surface area contributed by atoms with Gasteiger partial charge in [0.15, 0.2) is 0 Å². The van der Waals surface area contributed by atoms with Gasteiger partial charge in [0.2, 0.25) is 0 Å². The van der Waals surface area contributed by atoms with E-state index < -0.39 is 5.82 Å². The third kappa shape index (κ3) is 2.37. The van der Waals surface area contributed by atoms with Gasteiger partial charge in [-0.1, -0.05) is 41.9 Å². The van der Waals surface area contributed by atoms with Crippen LogP contribution in [0.1, 0.15) is 11.1 Å². The van der Waals surface area contributed by atoms with E-state index in [4.69, 9.17) is 16.9 Å². The van der Waals surface area contributed by atoms with Crippen molar-refractivity contribution in [3.05, 3.63) is 58.4 Å². The summed E-state index contributed by atoms with van der Waals surface area (Å²) in [6.07, 6.45) is 0.360. The van der Waals surface area contributed by atoms with E-state index in [1.54, 1.807) is 12.1 Å². The first kappa shape index (κ1) is 12.6. The molecule has 0 heterocycles. The fraction of sp³-hybridized carbons (Fsp3) is 0.133. The minimum Gasteiger partial charge on any atom is -0.205 e. The Hall–Kier alpha value is -1.85. The molecule has 0 unspecified atom stereocenters. The van der Waals surface area contributed by atoms with Gasteiger partial charge in [-0.2, -0.15) is 5.26 Å². The van der Waals surface area contributed by atoms with Crippen LogP contribution in [0.25, 0.3) is 11.1 Å². The van der Waals surface area contributed by atoms with E-state index in [1.165, 1.54) is 6.07 Å². The highest BCUT2D eigenvalue weighted by Crippen LogP contribution is 2.30. The highest BCUT2D eigenvalue weighted by Gasteiger charge is 2.10. The molecule has 0 radical (unpaired) electrons. The SMILES string of the molecule is Cc1cc(CC#N)ccc1-c1cccc(Cl)c1F. The third-order valence-electron chi connectivity index (χ3n) is 2.82. The summed E-state index contributed by atoms with van der Waals surface area (Å²) in [6.45, 7) is 1.90. The first-order valence-electron chi connectivity index (χ1n) is 5.54. The largest absolute Gasteiger partial charge is 0.205 e. The van der Waals surface area contributed by atoms with E-state index in [0.717, 1.165) is 16.7 Å². The van der Waals surface area contributed by atoms with E-state index in [0.29, 0.717) is 12.0 Å². The molecule has 0 aliphatic rings. The maximum atomic E-state index is 13.9. The fourth-order valence-electron chi connectivity index (χ4n) is 1.94. The van der Waals surface area contributed by atoms with Gasteiger partial charge in [0.05, 0.1) is 17.5 Å². The van der Waals surface area contributed by atoms with Crippen molar-refractivity contribution in [2.75, 3.05) is 0 Å². The normalized spacial score (nSPS) is 10.1. The van der Waals surface area contributed by atoms with Crippen LogP contribution in [-0.2, 0) is 6.42 Å². The average Bonchev–Trinajstić information content (AvgIpc) is 2.34. The second-order valence-electron chi connectivity index (χ2n) is 4.09. The summed E-state index contributed by atoms with van der Waals surface area (Å²) in [5.41, 5.74) is 3.16. The van der Waals surface area contributed by atoms with Crippen molar-refractivity contribution in [3.63, 3.8) is 0 Å². The van der Waals surface area contributed by atoms with Crippen LogP contribution in [0, 0.1) is 24.1 Å². The van der Waals surface area contributed by atoms with E-state index >= 15 is 0 Å². The van der Waals surface area contributed by atoms with Crippen LogP contribution in [0.4, 0.5) is 4.39 Å². The molecule has 0 fully saturated rings. The molecule has 0 amide bonds. The highest BCUT2D eigenvalue weighted by molar-refractivity contribution is 6.31. The molecule has 0 N–H and O–H groups in total. The van der Waals surface area contributed by atoms with Gasteiger partial charge in [0.1, 0.15) is 5.82 Å². The maximum Gasteiger partial charge on any atom is 0.149 e. The predicted molar refractivity (Wildman–Crippen MR) is 70.9 cm³/mol. The second-order valence-corrected chi connectivity index (χ2v) is 4.49. The number of aryl methyl sites for hydroxylation is 1. The van der Waals surface area contributed by atoms with Crippen LogP contribution < -0.4 is 0 Å². The van der Waals surface area contributed by atoms with Crippen LogP contribution in [0.15, 0.2) is 36.4 Å². The number of nitrogens with zero attached hydrogens (tertiary/aromatic N) is 1. The van der Waals surface area contributed by atoms with Crippen molar-refractivity contribution in [1.82, 2.24) is 0 Å². The van der Waals surface area contributed by atoms with Crippen molar-refractivity contribution in [2.45, 2.75) is 13.3 Å². The Morgan fingerprint density at radius 2 is 2.00 bits per heavy atom. The fourth-order valence-corrected chi connectivity index (χ4v) is 2.12. The number of nitriles is 1. The lowest BCUT2D eigenvalue weighted by molar-refractivity contribution is 0.631. The molecular formula is C15H11ClFN. The molecule has 0 atom stereocenters. The average molecular weight is 260 g/mol. The quantitative estimate of drug-likeness (QED) is 0.778.